The molecule has 0 saturated heterocycles. The second-order valence-electron chi connectivity index (χ2n) is 48.2. The summed E-state index contributed by atoms with van der Waals surface area (Å²) < 4.78 is 23.2. The summed E-state index contributed by atoms with van der Waals surface area (Å²) in [6.45, 7) is 80.6. The van der Waals surface area contributed by atoms with E-state index in [0.29, 0.717) is 58.5 Å². The molecule has 0 heterocycles. The van der Waals surface area contributed by atoms with Gasteiger partial charge in [-0.1, -0.05) is 416 Å². The van der Waals surface area contributed by atoms with Crippen molar-refractivity contribution in [2.24, 2.45) is 0 Å². The Labute approximate surface area is 781 Å². The second-order valence-corrected chi connectivity index (χ2v) is 48.2. The predicted octanol–water partition coefficient (Wildman–Crippen LogP) is 33.3. The zero-order chi connectivity index (χ0) is 98.1. The molecule has 128 heavy (non-hydrogen) atoms. The number of hydrogen-bond donors (Lipinski definition) is 4. The third-order valence-electron chi connectivity index (χ3n) is 25.1. The van der Waals surface area contributed by atoms with Gasteiger partial charge in [0.25, 0.3) is 0 Å². The van der Waals surface area contributed by atoms with E-state index in [1.807, 2.05) is 143 Å². The van der Waals surface area contributed by atoms with Crippen molar-refractivity contribution >= 4 is 23.9 Å². The van der Waals surface area contributed by atoms with E-state index in [4.69, 9.17) is 18.9 Å². The summed E-state index contributed by atoms with van der Waals surface area (Å²) in [4.78, 5) is 52.2. The highest BCUT2D eigenvalue weighted by molar-refractivity contribution is 5.94. The molecule has 0 aliphatic heterocycles. The van der Waals surface area contributed by atoms with Crippen molar-refractivity contribution in [1.29, 1.82) is 0 Å². The van der Waals surface area contributed by atoms with Crippen LogP contribution in [0.2, 0.25) is 0 Å². The lowest BCUT2D eigenvalue weighted by Gasteiger charge is -2.30. The number of phenols is 4. The van der Waals surface area contributed by atoms with E-state index >= 15 is 0 Å². The molecular weight excluding hydrogens is 1590 g/mol. The Kier molecular flexibility index (Phi) is 43.1. The zero-order valence-electron chi connectivity index (χ0n) is 88.5. The second kappa shape index (κ2) is 48.2. The fraction of sp³-hybridized carbons (Fsp3) is 0.655. The average molecular weight is 1770 g/mol. The van der Waals surface area contributed by atoms with Crippen molar-refractivity contribution < 1.29 is 58.6 Å². The highest BCUT2D eigenvalue weighted by Gasteiger charge is 2.36. The van der Waals surface area contributed by atoms with Gasteiger partial charge in [-0.15, -0.1) is 0 Å². The van der Waals surface area contributed by atoms with E-state index in [1.165, 1.54) is 127 Å². The fourth-order valence-corrected chi connectivity index (χ4v) is 15.6. The summed E-state index contributed by atoms with van der Waals surface area (Å²) in [6, 6.07) is 26.7. The average Bonchev–Trinajstić information content (AvgIpc) is 0.786. The molecule has 0 fully saturated rings. The van der Waals surface area contributed by atoms with Crippen molar-refractivity contribution in [2.45, 2.75) is 482 Å². The molecule has 0 unspecified atom stereocenters. The summed E-state index contributed by atoms with van der Waals surface area (Å²) in [7, 11) is 0. The Morgan fingerprint density at radius 1 is 0.227 bits per heavy atom. The van der Waals surface area contributed by atoms with E-state index < -0.39 is 11.9 Å². The van der Waals surface area contributed by atoms with Crippen LogP contribution < -0.4 is 9.47 Å². The molecule has 0 bridgehead atoms. The third kappa shape index (κ3) is 36.2. The van der Waals surface area contributed by atoms with Gasteiger partial charge in [0.05, 0.1) is 35.5 Å². The number of hydrogen-bond acceptors (Lipinski definition) is 12. The SMILES string of the molecule is CC(C)(C)c1ccc(OC(=O)c2cc(C(C)(C)C)c(O)c(C(C)(C)C)c2)c(C(C)(C)C)c1.CCC(C)(C)c1ccc(OC(=O)c2cc(C(C)(C)C)c(O)c(C(C)(C)C)c2)c(C(C)(C)CC)c1.CCCCCCCCCCCCCCCCOC(=O)c1cc(C(C)(C)C)c(O)c(C(C)(C)C)c1.CCCCCCCCCCOC(=O)c1cc(C(C)(C)C)c(O)c(C(C)(C)C)c1. The van der Waals surface area contributed by atoms with Crippen LogP contribution in [0.5, 0.6) is 34.5 Å². The van der Waals surface area contributed by atoms with Crippen LogP contribution in [0.1, 0.15) is 525 Å². The fourth-order valence-electron chi connectivity index (χ4n) is 15.6. The van der Waals surface area contributed by atoms with Crippen LogP contribution in [-0.4, -0.2) is 57.5 Å². The zero-order valence-corrected chi connectivity index (χ0v) is 88.5. The molecule has 0 amide bonds. The maximum absolute atomic E-state index is 13.5. The van der Waals surface area contributed by atoms with Crippen molar-refractivity contribution in [3.8, 4) is 34.5 Å². The Bertz CT molecular complexity index is 4360. The molecule has 0 aliphatic rings. The van der Waals surface area contributed by atoms with Crippen LogP contribution >= 0.6 is 0 Å². The van der Waals surface area contributed by atoms with Crippen LogP contribution in [0.3, 0.4) is 0 Å². The largest absolute Gasteiger partial charge is 0.507 e. The Balaban J connectivity index is 0.000000441. The topological polar surface area (TPSA) is 186 Å². The molecule has 0 saturated carbocycles. The molecule has 720 valence electrons. The summed E-state index contributed by atoms with van der Waals surface area (Å²) in [5, 5.41) is 43.6. The molecule has 0 aromatic heterocycles. The first-order valence-corrected chi connectivity index (χ1v) is 49.1. The first-order chi connectivity index (χ1) is 58.5. The van der Waals surface area contributed by atoms with Gasteiger partial charge in [-0.3, -0.25) is 0 Å². The number of benzene rings is 6. The number of aromatic hydroxyl groups is 4. The molecule has 6 aromatic rings. The number of ether oxygens (including phenoxy) is 4. The van der Waals surface area contributed by atoms with Gasteiger partial charge < -0.3 is 39.4 Å². The molecule has 6 aromatic carbocycles. The van der Waals surface area contributed by atoms with Crippen LogP contribution in [0, 0.1) is 0 Å². The van der Waals surface area contributed by atoms with Gasteiger partial charge in [0.15, 0.2) is 0 Å². The number of esters is 4. The summed E-state index contributed by atoms with van der Waals surface area (Å²) in [6.07, 6.45) is 30.1. The van der Waals surface area contributed by atoms with E-state index in [-0.39, 0.29) is 88.4 Å². The molecule has 0 radical (unpaired) electrons. The van der Waals surface area contributed by atoms with Gasteiger partial charge in [0, 0.05) is 55.6 Å². The minimum atomic E-state index is -0.407. The summed E-state index contributed by atoms with van der Waals surface area (Å²) in [5.74, 6) is 0.907. The first-order valence-electron chi connectivity index (χ1n) is 49.1. The van der Waals surface area contributed by atoms with E-state index in [0.717, 1.165) is 94.2 Å². The van der Waals surface area contributed by atoms with Gasteiger partial charge in [-0.05, 0) is 162 Å². The maximum Gasteiger partial charge on any atom is 0.343 e. The van der Waals surface area contributed by atoms with Crippen molar-refractivity contribution in [1.82, 2.24) is 0 Å². The lowest BCUT2D eigenvalue weighted by Crippen LogP contribution is -2.23. The molecule has 12 heteroatoms. The van der Waals surface area contributed by atoms with Crippen molar-refractivity contribution in [3.63, 3.8) is 0 Å². The lowest BCUT2D eigenvalue weighted by molar-refractivity contribution is 0.0488. The predicted molar refractivity (Wildman–Crippen MR) is 542 cm³/mol. The van der Waals surface area contributed by atoms with Crippen LogP contribution in [-0.2, 0) is 74.5 Å². The Morgan fingerprint density at radius 3 is 0.648 bits per heavy atom. The first kappa shape index (κ1) is 115. The minimum absolute atomic E-state index is 0.00269. The number of rotatable bonds is 34. The monoisotopic (exact) mass is 1770 g/mol. The van der Waals surface area contributed by atoms with Crippen molar-refractivity contribution in [3.05, 3.63) is 174 Å². The molecular formula is C116H184O12. The van der Waals surface area contributed by atoms with Crippen LogP contribution in [0.15, 0.2) is 84.9 Å². The van der Waals surface area contributed by atoms with Crippen LogP contribution in [0.4, 0.5) is 0 Å². The van der Waals surface area contributed by atoms with Crippen LogP contribution in [0.25, 0.3) is 0 Å². The highest BCUT2D eigenvalue weighted by atomic mass is 16.5. The van der Waals surface area contributed by atoms with Gasteiger partial charge in [-0.25, -0.2) is 19.2 Å². The van der Waals surface area contributed by atoms with Gasteiger partial charge >= 0.3 is 23.9 Å². The molecule has 0 aliphatic carbocycles. The molecule has 4 N–H and O–H groups in total. The molecule has 6 rings (SSSR count). The van der Waals surface area contributed by atoms with Gasteiger partial charge in [-0.2, -0.15) is 0 Å². The van der Waals surface area contributed by atoms with E-state index in [1.54, 1.807) is 48.5 Å². The van der Waals surface area contributed by atoms with Crippen molar-refractivity contribution in [2.75, 3.05) is 13.2 Å². The standard InChI is InChI=1S/C31H46O3.C31H54O3.C29H42O3.C25H42O3/c1-13-30(9,10)21-15-16-25(22(19-21)31(11,12)14-2)34-27(33)20-17-23(28(3,4)5)26(32)24(18-20)29(6,7)8;1-8-9-10-11-12-13-14-15-16-17-18-19-20-21-22-34-29(33)25-23-26(30(2,3)4)28(32)27(24-25)31(5,6)7;1-26(2,3)19-13-14-23(20(17-19)27(4,5)6)32-25(31)18-15-21(28(7,8)9)24(30)22(16-18)29(10,11)12;1-8-9-10-11-12-13-14-15-16-28-23(27)19-17-20(24(2,3)4)22(26)21(18-19)25(5,6)7/h15-19,32H,13-14H2,1-12H3;23-24,32H,8-22H2,1-7H3;13-17,30H,1-12H3;17-18,26H,8-16H2,1-7H3. The van der Waals surface area contributed by atoms with Gasteiger partial charge in [0.2, 0.25) is 0 Å². The Hall–Kier alpha value is -7.60. The summed E-state index contributed by atoms with van der Waals surface area (Å²) >= 11 is 0. The van der Waals surface area contributed by atoms with E-state index in [9.17, 15) is 39.6 Å². The minimum Gasteiger partial charge on any atom is -0.507 e. The number of unbranched alkanes of at least 4 members (excludes halogenated alkanes) is 20. The normalized spacial score (nSPS) is 12.7. The number of phenolic OH excluding ortho intramolecular Hbond substituents is 4. The molecule has 12 nitrogen and oxygen atoms in total. The molecule has 0 spiro atoms. The third-order valence-corrected chi connectivity index (χ3v) is 25.1. The highest BCUT2D eigenvalue weighted by Crippen LogP contribution is 2.47. The molecule has 0 atom stereocenters. The lowest BCUT2D eigenvalue weighted by atomic mass is 9.76. The quantitative estimate of drug-likeness (QED) is 0.0170. The smallest absolute Gasteiger partial charge is 0.343 e. The Morgan fingerprint density at radius 2 is 0.430 bits per heavy atom. The number of carbonyl (C=O) groups is 4. The van der Waals surface area contributed by atoms with Gasteiger partial charge in [0.1, 0.15) is 34.5 Å². The summed E-state index contributed by atoms with van der Waals surface area (Å²) in [5.41, 5.74) is 10.1. The number of carbonyl (C=O) groups excluding carboxylic acids is 4. The van der Waals surface area contributed by atoms with E-state index in [2.05, 4.69) is 157 Å². The maximum atomic E-state index is 13.5.